The van der Waals surface area contributed by atoms with E-state index in [9.17, 15) is 14.7 Å². The normalized spacial score (nSPS) is 11.3. The molecular formula is C20H14BrNO3. The number of aromatic carboxylic acids is 1. The third-order valence-electron chi connectivity index (χ3n) is 3.69. The number of carbonyl (C=O) groups is 2. The fraction of sp³-hybridized carbons (Fsp3) is 0. The summed E-state index contributed by atoms with van der Waals surface area (Å²) in [6.45, 7) is 0. The van der Waals surface area contributed by atoms with Gasteiger partial charge in [0.1, 0.15) is 0 Å². The monoisotopic (exact) mass is 395 g/mol. The molecule has 0 fully saturated rings. The van der Waals surface area contributed by atoms with Crippen molar-refractivity contribution in [2.75, 3.05) is 5.32 Å². The van der Waals surface area contributed by atoms with E-state index in [2.05, 4.69) is 21.2 Å². The number of fused-ring (bicyclic) bond motifs is 1. The van der Waals surface area contributed by atoms with E-state index in [-0.39, 0.29) is 11.3 Å². The molecule has 25 heavy (non-hydrogen) atoms. The minimum absolute atomic E-state index is 0.0434. The van der Waals surface area contributed by atoms with Gasteiger partial charge >= 0.3 is 5.97 Å². The lowest BCUT2D eigenvalue weighted by atomic mass is 10.1. The van der Waals surface area contributed by atoms with E-state index in [1.165, 1.54) is 6.07 Å². The Morgan fingerprint density at radius 3 is 2.36 bits per heavy atom. The molecule has 0 heterocycles. The van der Waals surface area contributed by atoms with Gasteiger partial charge in [0.2, 0.25) is 0 Å². The van der Waals surface area contributed by atoms with Crippen molar-refractivity contribution in [2.24, 2.45) is 0 Å². The molecule has 124 valence electrons. The Kier molecular flexibility index (Phi) is 4.95. The van der Waals surface area contributed by atoms with Crippen molar-refractivity contribution < 1.29 is 14.7 Å². The van der Waals surface area contributed by atoms with Crippen molar-refractivity contribution in [1.82, 2.24) is 0 Å². The van der Waals surface area contributed by atoms with Crippen LogP contribution in [-0.2, 0) is 4.79 Å². The minimum Gasteiger partial charge on any atom is -0.478 e. The first-order chi connectivity index (χ1) is 12.0. The average molecular weight is 396 g/mol. The first kappa shape index (κ1) is 16.9. The summed E-state index contributed by atoms with van der Waals surface area (Å²) < 4.78 is 0.308. The summed E-state index contributed by atoms with van der Waals surface area (Å²) in [5, 5.41) is 14.0. The topological polar surface area (TPSA) is 66.4 Å². The molecule has 0 aliphatic carbocycles. The highest BCUT2D eigenvalue weighted by molar-refractivity contribution is 9.12. The van der Waals surface area contributed by atoms with Gasteiger partial charge in [-0.3, -0.25) is 4.79 Å². The summed E-state index contributed by atoms with van der Waals surface area (Å²) >= 11 is 3.26. The Morgan fingerprint density at radius 2 is 1.60 bits per heavy atom. The van der Waals surface area contributed by atoms with Gasteiger partial charge in [0.25, 0.3) is 5.91 Å². The number of rotatable bonds is 4. The van der Waals surface area contributed by atoms with Crippen molar-refractivity contribution in [3.8, 4) is 0 Å². The second-order valence-corrected chi connectivity index (χ2v) is 6.26. The lowest BCUT2D eigenvalue weighted by molar-refractivity contribution is -0.112. The van der Waals surface area contributed by atoms with E-state index < -0.39 is 11.9 Å². The minimum atomic E-state index is -1.09. The Hall–Kier alpha value is -2.92. The van der Waals surface area contributed by atoms with E-state index in [1.54, 1.807) is 24.3 Å². The summed E-state index contributed by atoms with van der Waals surface area (Å²) in [6, 6.07) is 20.1. The van der Waals surface area contributed by atoms with Crippen LogP contribution in [0.5, 0.6) is 0 Å². The summed E-state index contributed by atoms with van der Waals surface area (Å²) in [7, 11) is 0. The van der Waals surface area contributed by atoms with Crippen LogP contribution in [0.15, 0.2) is 71.2 Å². The van der Waals surface area contributed by atoms with Crippen LogP contribution in [0.25, 0.3) is 16.8 Å². The van der Waals surface area contributed by atoms with Crippen LogP contribution < -0.4 is 5.32 Å². The van der Waals surface area contributed by atoms with Crippen LogP contribution in [0.3, 0.4) is 0 Å². The maximum atomic E-state index is 12.3. The molecular weight excluding hydrogens is 382 g/mol. The summed E-state index contributed by atoms with van der Waals surface area (Å²) in [5.74, 6) is -1.51. The smallest absolute Gasteiger partial charge is 0.337 e. The molecule has 3 aromatic carbocycles. The molecule has 0 aliphatic rings. The maximum absolute atomic E-state index is 12.3. The second-order valence-electron chi connectivity index (χ2n) is 5.40. The van der Waals surface area contributed by atoms with Gasteiger partial charge in [0, 0.05) is 0 Å². The predicted octanol–water partition coefficient (Wildman–Crippen LogP) is 4.91. The van der Waals surface area contributed by atoms with E-state index in [0.717, 1.165) is 16.3 Å². The molecule has 0 aliphatic heterocycles. The highest BCUT2D eigenvalue weighted by atomic mass is 79.9. The molecule has 0 saturated carbocycles. The molecule has 0 radical (unpaired) electrons. The van der Waals surface area contributed by atoms with Gasteiger partial charge in [-0.05, 0) is 56.5 Å². The standard InChI is InChI=1S/C20H14BrNO3/c21-17(12-13-9-10-14-5-1-2-6-15(14)11-13)19(23)22-18-8-4-3-7-16(18)20(24)25/h1-12H,(H,22,23)(H,24,25)/b17-12-. The molecule has 0 spiro atoms. The molecule has 0 unspecified atom stereocenters. The Morgan fingerprint density at radius 1 is 0.920 bits per heavy atom. The number of carbonyl (C=O) groups excluding carboxylic acids is 1. The van der Waals surface area contributed by atoms with Crippen molar-refractivity contribution in [3.63, 3.8) is 0 Å². The number of amides is 1. The van der Waals surface area contributed by atoms with Crippen LogP contribution >= 0.6 is 15.9 Å². The molecule has 3 rings (SSSR count). The number of hydrogen-bond acceptors (Lipinski definition) is 2. The van der Waals surface area contributed by atoms with Gasteiger partial charge in [-0.1, -0.05) is 48.5 Å². The van der Waals surface area contributed by atoms with E-state index in [4.69, 9.17) is 0 Å². The van der Waals surface area contributed by atoms with Gasteiger partial charge in [-0.25, -0.2) is 4.79 Å². The lowest BCUT2D eigenvalue weighted by Crippen LogP contribution is -2.14. The number of halogens is 1. The van der Waals surface area contributed by atoms with Crippen LogP contribution in [0.4, 0.5) is 5.69 Å². The zero-order valence-electron chi connectivity index (χ0n) is 13.1. The number of benzene rings is 3. The molecule has 0 aromatic heterocycles. The summed E-state index contributed by atoms with van der Waals surface area (Å²) in [5.41, 5.74) is 1.16. The van der Waals surface area contributed by atoms with Crippen LogP contribution in [0, 0.1) is 0 Å². The van der Waals surface area contributed by atoms with Crippen LogP contribution in [0.1, 0.15) is 15.9 Å². The molecule has 0 atom stereocenters. The third kappa shape index (κ3) is 3.95. The molecule has 5 heteroatoms. The molecule has 0 saturated heterocycles. The predicted molar refractivity (Wildman–Crippen MR) is 103 cm³/mol. The zero-order valence-corrected chi connectivity index (χ0v) is 14.7. The first-order valence-electron chi connectivity index (χ1n) is 7.54. The Balaban J connectivity index is 1.84. The highest BCUT2D eigenvalue weighted by Crippen LogP contribution is 2.21. The van der Waals surface area contributed by atoms with Gasteiger partial charge in [0.05, 0.1) is 15.7 Å². The molecule has 2 N–H and O–H groups in total. The molecule has 4 nitrogen and oxygen atoms in total. The Labute approximate surface area is 152 Å². The van der Waals surface area contributed by atoms with Crippen molar-refractivity contribution >= 4 is 50.3 Å². The number of carboxylic acid groups (broad SMARTS) is 1. The largest absolute Gasteiger partial charge is 0.478 e. The van der Waals surface area contributed by atoms with Gasteiger partial charge in [-0.2, -0.15) is 0 Å². The number of para-hydroxylation sites is 1. The number of nitrogens with one attached hydrogen (secondary N) is 1. The van der Waals surface area contributed by atoms with Crippen molar-refractivity contribution in [1.29, 1.82) is 0 Å². The molecule has 1 amide bonds. The van der Waals surface area contributed by atoms with E-state index in [0.29, 0.717) is 4.48 Å². The fourth-order valence-electron chi connectivity index (χ4n) is 2.47. The fourth-order valence-corrected chi connectivity index (χ4v) is 2.83. The average Bonchev–Trinajstić information content (AvgIpc) is 2.61. The van der Waals surface area contributed by atoms with Gasteiger partial charge in [-0.15, -0.1) is 0 Å². The van der Waals surface area contributed by atoms with E-state index in [1.807, 2.05) is 42.5 Å². The van der Waals surface area contributed by atoms with Crippen LogP contribution in [0.2, 0.25) is 0 Å². The van der Waals surface area contributed by atoms with Gasteiger partial charge < -0.3 is 10.4 Å². The second kappa shape index (κ2) is 7.32. The summed E-state index contributed by atoms with van der Waals surface area (Å²) in [6.07, 6.45) is 1.70. The molecule has 3 aromatic rings. The van der Waals surface area contributed by atoms with Crippen molar-refractivity contribution in [2.45, 2.75) is 0 Å². The third-order valence-corrected chi connectivity index (χ3v) is 4.28. The van der Waals surface area contributed by atoms with Crippen molar-refractivity contribution in [3.05, 3.63) is 82.3 Å². The number of carboxylic acids is 1. The maximum Gasteiger partial charge on any atom is 0.337 e. The lowest BCUT2D eigenvalue weighted by Gasteiger charge is -2.08. The number of anilines is 1. The highest BCUT2D eigenvalue weighted by Gasteiger charge is 2.13. The van der Waals surface area contributed by atoms with Crippen LogP contribution in [-0.4, -0.2) is 17.0 Å². The van der Waals surface area contributed by atoms with Gasteiger partial charge in [0.15, 0.2) is 0 Å². The molecule has 0 bridgehead atoms. The van der Waals surface area contributed by atoms with E-state index >= 15 is 0 Å². The Bertz CT molecular complexity index is 995. The quantitative estimate of drug-likeness (QED) is 0.616. The number of hydrogen-bond donors (Lipinski definition) is 2. The zero-order chi connectivity index (χ0) is 17.8. The summed E-state index contributed by atoms with van der Waals surface area (Å²) in [4.78, 5) is 23.5. The SMILES string of the molecule is O=C(Nc1ccccc1C(=O)O)/C(Br)=C/c1ccc2ccccc2c1. The first-order valence-corrected chi connectivity index (χ1v) is 8.33.